The molecule has 1 fully saturated rings. The number of esters is 1. The van der Waals surface area contributed by atoms with Crippen LogP contribution in [-0.2, 0) is 14.3 Å². The first-order chi connectivity index (χ1) is 7.17. The highest BCUT2D eigenvalue weighted by atomic mass is 16.5. The summed E-state index contributed by atoms with van der Waals surface area (Å²) in [6.07, 6.45) is 1.80. The van der Waals surface area contributed by atoms with Gasteiger partial charge in [0.05, 0.1) is 19.6 Å². The Morgan fingerprint density at radius 2 is 2.27 bits per heavy atom. The van der Waals surface area contributed by atoms with Crippen molar-refractivity contribution in [1.82, 2.24) is 10.2 Å². The predicted octanol–water partition coefficient (Wildman–Crippen LogP) is -0.383. The van der Waals surface area contributed by atoms with Gasteiger partial charge in [0.25, 0.3) is 0 Å². The first-order valence-corrected chi connectivity index (χ1v) is 5.18. The van der Waals surface area contributed by atoms with Crippen LogP contribution in [0.15, 0.2) is 0 Å². The Hall–Kier alpha value is -1.10. The van der Waals surface area contributed by atoms with Gasteiger partial charge in [-0.15, -0.1) is 0 Å². The molecule has 0 bridgehead atoms. The Morgan fingerprint density at radius 1 is 1.53 bits per heavy atom. The molecular weight excluding hydrogens is 196 g/mol. The molecule has 1 rings (SSSR count). The predicted molar refractivity (Wildman–Crippen MR) is 55.2 cm³/mol. The van der Waals surface area contributed by atoms with E-state index in [1.165, 1.54) is 7.11 Å². The number of nitrogens with one attached hydrogen (secondary N) is 1. The number of ether oxygens (including phenoxy) is 1. The Balaban J connectivity index is 2.42. The zero-order valence-corrected chi connectivity index (χ0v) is 9.28. The number of likely N-dealkylation sites (tertiary alicyclic amines) is 1. The van der Waals surface area contributed by atoms with Crippen LogP contribution in [0.5, 0.6) is 0 Å². The largest absolute Gasteiger partial charge is 0.469 e. The van der Waals surface area contributed by atoms with E-state index in [1.54, 1.807) is 7.05 Å². The number of hydrogen-bond donors (Lipinski definition) is 1. The number of methoxy groups -OCH3 is 1. The average molecular weight is 214 g/mol. The second-order valence-corrected chi connectivity index (χ2v) is 3.77. The van der Waals surface area contributed by atoms with Gasteiger partial charge in [-0.3, -0.25) is 14.5 Å². The fourth-order valence-corrected chi connectivity index (χ4v) is 1.84. The molecule has 0 radical (unpaired) electrons. The molecule has 5 heteroatoms. The van der Waals surface area contributed by atoms with Crippen LogP contribution in [-0.4, -0.2) is 50.6 Å². The van der Waals surface area contributed by atoms with Gasteiger partial charge in [0.1, 0.15) is 0 Å². The zero-order chi connectivity index (χ0) is 11.3. The first kappa shape index (κ1) is 12.0. The summed E-state index contributed by atoms with van der Waals surface area (Å²) < 4.78 is 4.70. The minimum Gasteiger partial charge on any atom is -0.469 e. The zero-order valence-electron chi connectivity index (χ0n) is 9.28. The molecule has 1 saturated heterocycles. The molecule has 0 aromatic heterocycles. The lowest BCUT2D eigenvalue weighted by Gasteiger charge is -2.30. The summed E-state index contributed by atoms with van der Waals surface area (Å²) in [5.74, 6) is -0.259. The van der Waals surface area contributed by atoms with E-state index < -0.39 is 0 Å². The molecule has 5 nitrogen and oxygen atoms in total. The van der Waals surface area contributed by atoms with Crippen LogP contribution in [0.3, 0.4) is 0 Å². The maximum atomic E-state index is 11.3. The molecule has 1 aliphatic rings. The second kappa shape index (κ2) is 5.70. The molecule has 0 aliphatic carbocycles. The highest BCUT2D eigenvalue weighted by Gasteiger charge is 2.26. The normalized spacial score (nSPS) is 22.1. The molecule has 0 aromatic rings. The van der Waals surface area contributed by atoms with Gasteiger partial charge in [0, 0.05) is 13.6 Å². The van der Waals surface area contributed by atoms with Gasteiger partial charge >= 0.3 is 5.97 Å². The number of carbonyl (C=O) groups excluding carboxylic acids is 2. The Morgan fingerprint density at radius 3 is 2.87 bits per heavy atom. The highest BCUT2D eigenvalue weighted by molar-refractivity contribution is 5.78. The van der Waals surface area contributed by atoms with Crippen LogP contribution in [0.1, 0.15) is 12.8 Å². The van der Waals surface area contributed by atoms with Crippen LogP contribution < -0.4 is 5.32 Å². The SMILES string of the molecule is CNC(=O)CN1CCCC(C(=O)OC)C1. The van der Waals surface area contributed by atoms with Crippen LogP contribution in [0.4, 0.5) is 0 Å². The van der Waals surface area contributed by atoms with E-state index in [9.17, 15) is 9.59 Å². The van der Waals surface area contributed by atoms with E-state index in [4.69, 9.17) is 4.74 Å². The maximum absolute atomic E-state index is 11.3. The van der Waals surface area contributed by atoms with Crippen LogP contribution >= 0.6 is 0 Å². The van der Waals surface area contributed by atoms with E-state index in [0.29, 0.717) is 13.1 Å². The summed E-state index contributed by atoms with van der Waals surface area (Å²) in [5, 5.41) is 2.57. The number of hydrogen-bond acceptors (Lipinski definition) is 4. The topological polar surface area (TPSA) is 58.6 Å². The van der Waals surface area contributed by atoms with E-state index in [1.807, 2.05) is 4.90 Å². The average Bonchev–Trinajstić information content (AvgIpc) is 2.28. The van der Waals surface area contributed by atoms with Crippen molar-refractivity contribution in [3.05, 3.63) is 0 Å². The molecule has 1 amide bonds. The van der Waals surface area contributed by atoms with Crippen molar-refractivity contribution in [2.45, 2.75) is 12.8 Å². The van der Waals surface area contributed by atoms with Crippen LogP contribution in [0, 0.1) is 5.92 Å². The summed E-state index contributed by atoms with van der Waals surface area (Å²) in [4.78, 5) is 24.5. The van der Waals surface area contributed by atoms with E-state index in [2.05, 4.69) is 5.32 Å². The summed E-state index contributed by atoms with van der Waals surface area (Å²) in [5.41, 5.74) is 0. The lowest BCUT2D eigenvalue weighted by Crippen LogP contribution is -2.43. The molecule has 1 aliphatic heterocycles. The van der Waals surface area contributed by atoms with Crippen molar-refractivity contribution >= 4 is 11.9 Å². The monoisotopic (exact) mass is 214 g/mol. The molecule has 1 heterocycles. The summed E-state index contributed by atoms with van der Waals surface area (Å²) in [6, 6.07) is 0. The van der Waals surface area contributed by atoms with Crippen molar-refractivity contribution in [2.24, 2.45) is 5.92 Å². The summed E-state index contributed by atoms with van der Waals surface area (Å²) in [7, 11) is 3.02. The van der Waals surface area contributed by atoms with Gasteiger partial charge in [-0.2, -0.15) is 0 Å². The van der Waals surface area contributed by atoms with E-state index in [-0.39, 0.29) is 17.8 Å². The van der Waals surface area contributed by atoms with Gasteiger partial charge in [0.15, 0.2) is 0 Å². The quantitative estimate of drug-likeness (QED) is 0.650. The van der Waals surface area contributed by atoms with Crippen LogP contribution in [0.25, 0.3) is 0 Å². The molecular formula is C10H18N2O3. The van der Waals surface area contributed by atoms with Crippen molar-refractivity contribution in [3.8, 4) is 0 Å². The third-order valence-corrected chi connectivity index (χ3v) is 2.69. The van der Waals surface area contributed by atoms with Crippen molar-refractivity contribution in [1.29, 1.82) is 0 Å². The standard InChI is InChI=1S/C10H18N2O3/c1-11-9(13)7-12-5-3-4-8(6-12)10(14)15-2/h8H,3-7H2,1-2H3,(H,11,13). The molecule has 1 atom stereocenters. The minimum absolute atomic E-state index is 0.0134. The smallest absolute Gasteiger partial charge is 0.309 e. The van der Waals surface area contributed by atoms with Gasteiger partial charge in [-0.25, -0.2) is 0 Å². The Bertz CT molecular complexity index is 243. The van der Waals surface area contributed by atoms with Crippen molar-refractivity contribution in [2.75, 3.05) is 33.8 Å². The molecule has 0 spiro atoms. The van der Waals surface area contributed by atoms with Crippen LogP contribution in [0.2, 0.25) is 0 Å². The van der Waals surface area contributed by atoms with Gasteiger partial charge in [-0.05, 0) is 19.4 Å². The summed E-state index contributed by atoms with van der Waals surface area (Å²) in [6.45, 7) is 1.87. The fourth-order valence-electron chi connectivity index (χ4n) is 1.84. The lowest BCUT2D eigenvalue weighted by molar-refractivity contribution is -0.147. The van der Waals surface area contributed by atoms with E-state index in [0.717, 1.165) is 19.4 Å². The van der Waals surface area contributed by atoms with Gasteiger partial charge < -0.3 is 10.1 Å². The maximum Gasteiger partial charge on any atom is 0.309 e. The molecule has 1 N–H and O–H groups in total. The minimum atomic E-state index is -0.170. The van der Waals surface area contributed by atoms with Crippen molar-refractivity contribution < 1.29 is 14.3 Å². The number of piperidine rings is 1. The van der Waals surface area contributed by atoms with Crippen molar-refractivity contribution in [3.63, 3.8) is 0 Å². The molecule has 86 valence electrons. The third-order valence-electron chi connectivity index (χ3n) is 2.69. The molecule has 0 saturated carbocycles. The molecule has 1 unspecified atom stereocenters. The number of likely N-dealkylation sites (N-methyl/N-ethyl adjacent to an activating group) is 1. The molecule has 0 aromatic carbocycles. The number of nitrogens with zero attached hydrogens (tertiary/aromatic N) is 1. The third kappa shape index (κ3) is 3.51. The first-order valence-electron chi connectivity index (χ1n) is 5.18. The van der Waals surface area contributed by atoms with Gasteiger partial charge in [-0.1, -0.05) is 0 Å². The highest BCUT2D eigenvalue weighted by Crippen LogP contribution is 2.17. The lowest BCUT2D eigenvalue weighted by atomic mass is 9.98. The Labute approximate surface area is 89.8 Å². The number of carbonyl (C=O) groups is 2. The van der Waals surface area contributed by atoms with Gasteiger partial charge in [0.2, 0.25) is 5.91 Å². The number of amides is 1. The second-order valence-electron chi connectivity index (χ2n) is 3.77. The van der Waals surface area contributed by atoms with E-state index >= 15 is 0 Å². The fraction of sp³-hybridized carbons (Fsp3) is 0.800. The number of rotatable bonds is 3. The summed E-state index contributed by atoms with van der Waals surface area (Å²) >= 11 is 0. The molecule has 15 heavy (non-hydrogen) atoms. The Kier molecular flexibility index (Phi) is 4.55.